The molecule has 2 aromatic rings. The van der Waals surface area contributed by atoms with Crippen LogP contribution in [0.5, 0.6) is 5.88 Å². The first-order valence-corrected chi connectivity index (χ1v) is 8.59. The molecule has 3 heterocycles. The normalized spacial score (nSPS) is 15.0. The fourth-order valence-electron chi connectivity index (χ4n) is 2.89. The number of nitrogens with one attached hydrogen (secondary N) is 1. The molecule has 2 aromatic heterocycles. The summed E-state index contributed by atoms with van der Waals surface area (Å²) in [6.45, 7) is 5.84. The van der Waals surface area contributed by atoms with Crippen LogP contribution in [0, 0.1) is 6.92 Å². The Hall–Kier alpha value is -2.70. The van der Waals surface area contributed by atoms with Crippen molar-refractivity contribution in [1.82, 2.24) is 19.9 Å². The Morgan fingerprint density at radius 3 is 2.72 bits per heavy atom. The Morgan fingerprint density at radius 2 is 2.08 bits per heavy atom. The van der Waals surface area contributed by atoms with E-state index in [1.165, 1.54) is 0 Å². The molecule has 1 saturated heterocycles. The highest BCUT2D eigenvalue weighted by Gasteiger charge is 2.24. The summed E-state index contributed by atoms with van der Waals surface area (Å²) in [4.78, 5) is 27.0. The zero-order chi connectivity index (χ0) is 17.6. The second kappa shape index (κ2) is 7.92. The molecule has 7 heteroatoms. The minimum Gasteiger partial charge on any atom is -0.478 e. The van der Waals surface area contributed by atoms with Gasteiger partial charge in [0.2, 0.25) is 5.88 Å². The third kappa shape index (κ3) is 4.43. The number of amides is 1. The molecule has 1 aliphatic rings. The van der Waals surface area contributed by atoms with Gasteiger partial charge in [-0.1, -0.05) is 0 Å². The van der Waals surface area contributed by atoms with Crippen molar-refractivity contribution in [1.29, 1.82) is 0 Å². The maximum absolute atomic E-state index is 12.6. The first-order valence-electron chi connectivity index (χ1n) is 8.59. The zero-order valence-electron chi connectivity index (χ0n) is 14.6. The maximum Gasteiger partial charge on any atom is 0.255 e. The Morgan fingerprint density at radius 1 is 1.28 bits per heavy atom. The zero-order valence-corrected chi connectivity index (χ0v) is 14.6. The van der Waals surface area contributed by atoms with Crippen molar-refractivity contribution >= 4 is 11.7 Å². The van der Waals surface area contributed by atoms with Crippen molar-refractivity contribution in [2.75, 3.05) is 25.0 Å². The van der Waals surface area contributed by atoms with Gasteiger partial charge in [-0.05, 0) is 32.8 Å². The first kappa shape index (κ1) is 17.1. The molecular weight excluding hydrogens is 318 g/mol. The molecule has 25 heavy (non-hydrogen) atoms. The van der Waals surface area contributed by atoms with Crippen LogP contribution in [0.4, 0.5) is 5.82 Å². The number of rotatable bonds is 5. The Bertz CT molecular complexity index is 712. The predicted molar refractivity (Wildman–Crippen MR) is 94.7 cm³/mol. The van der Waals surface area contributed by atoms with Crippen LogP contribution >= 0.6 is 0 Å². The molecule has 1 aliphatic heterocycles. The summed E-state index contributed by atoms with van der Waals surface area (Å²) in [5.41, 5.74) is 1.54. The van der Waals surface area contributed by atoms with Crippen LogP contribution in [0.1, 0.15) is 35.8 Å². The molecule has 1 amide bonds. The second-order valence-electron chi connectivity index (χ2n) is 6.07. The maximum atomic E-state index is 12.6. The second-order valence-corrected chi connectivity index (χ2v) is 6.07. The lowest BCUT2D eigenvalue weighted by Crippen LogP contribution is -2.42. The van der Waals surface area contributed by atoms with Crippen molar-refractivity contribution in [3.05, 3.63) is 42.0 Å². The number of anilines is 1. The molecule has 0 atom stereocenters. The van der Waals surface area contributed by atoms with Gasteiger partial charge in [0, 0.05) is 43.2 Å². The van der Waals surface area contributed by atoms with Gasteiger partial charge in [-0.25, -0.2) is 15.0 Å². The van der Waals surface area contributed by atoms with Crippen molar-refractivity contribution in [3.8, 4) is 5.88 Å². The standard InChI is InChI=1S/C18H23N5O2/c1-3-25-17-5-4-14(11-19-17)18(24)23-8-6-15(7-9-23)22-16-10-13(2)20-12-21-16/h4-5,10-12,15H,3,6-9H2,1-2H3,(H,20,21,22). The van der Waals surface area contributed by atoms with Crippen molar-refractivity contribution < 1.29 is 9.53 Å². The molecule has 0 bridgehead atoms. The SMILES string of the molecule is CCOc1ccc(C(=O)N2CCC(Nc3cc(C)ncn3)CC2)cn1. The lowest BCUT2D eigenvalue weighted by Gasteiger charge is -2.32. The van der Waals surface area contributed by atoms with E-state index in [0.717, 1.165) is 24.4 Å². The van der Waals surface area contributed by atoms with E-state index in [2.05, 4.69) is 20.3 Å². The van der Waals surface area contributed by atoms with Crippen LogP contribution in [-0.2, 0) is 0 Å². The number of ether oxygens (including phenoxy) is 1. The first-order chi connectivity index (χ1) is 12.2. The van der Waals surface area contributed by atoms with Gasteiger partial charge < -0.3 is 15.0 Å². The number of likely N-dealkylation sites (tertiary alicyclic amines) is 1. The summed E-state index contributed by atoms with van der Waals surface area (Å²) in [7, 11) is 0. The average molecular weight is 341 g/mol. The lowest BCUT2D eigenvalue weighted by atomic mass is 10.0. The topological polar surface area (TPSA) is 80.2 Å². The number of aromatic nitrogens is 3. The van der Waals surface area contributed by atoms with Gasteiger partial charge in [0.05, 0.1) is 12.2 Å². The summed E-state index contributed by atoms with van der Waals surface area (Å²) in [6.07, 6.45) is 4.93. The molecule has 1 fully saturated rings. The molecule has 7 nitrogen and oxygen atoms in total. The van der Waals surface area contributed by atoms with Crippen LogP contribution in [0.2, 0.25) is 0 Å². The van der Waals surface area contributed by atoms with Crippen LogP contribution in [0.15, 0.2) is 30.7 Å². The van der Waals surface area contributed by atoms with Crippen LogP contribution in [0.25, 0.3) is 0 Å². The van der Waals surface area contributed by atoms with E-state index < -0.39 is 0 Å². The molecule has 0 aromatic carbocycles. The summed E-state index contributed by atoms with van der Waals surface area (Å²) in [5, 5.41) is 3.42. The average Bonchev–Trinajstić information content (AvgIpc) is 2.63. The van der Waals surface area contributed by atoms with E-state index in [4.69, 9.17) is 4.74 Å². The van der Waals surface area contributed by atoms with Gasteiger partial charge in [-0.2, -0.15) is 0 Å². The van der Waals surface area contributed by atoms with E-state index in [0.29, 0.717) is 37.2 Å². The van der Waals surface area contributed by atoms with E-state index in [1.807, 2.05) is 24.8 Å². The highest BCUT2D eigenvalue weighted by atomic mass is 16.5. The van der Waals surface area contributed by atoms with Gasteiger partial charge in [0.15, 0.2) is 0 Å². The smallest absolute Gasteiger partial charge is 0.255 e. The Kier molecular flexibility index (Phi) is 5.42. The highest BCUT2D eigenvalue weighted by Crippen LogP contribution is 2.18. The largest absolute Gasteiger partial charge is 0.478 e. The van der Waals surface area contributed by atoms with Gasteiger partial charge in [0.25, 0.3) is 5.91 Å². The molecule has 132 valence electrons. The minimum atomic E-state index is 0.0203. The van der Waals surface area contributed by atoms with E-state index in [9.17, 15) is 4.79 Å². The third-order valence-corrected chi connectivity index (χ3v) is 4.21. The molecule has 0 unspecified atom stereocenters. The summed E-state index contributed by atoms with van der Waals surface area (Å²) < 4.78 is 5.31. The van der Waals surface area contributed by atoms with E-state index in [1.54, 1.807) is 24.7 Å². The summed E-state index contributed by atoms with van der Waals surface area (Å²) >= 11 is 0. The van der Waals surface area contributed by atoms with Crippen LogP contribution in [-0.4, -0.2) is 51.5 Å². The molecule has 0 radical (unpaired) electrons. The minimum absolute atomic E-state index is 0.0203. The molecule has 0 aliphatic carbocycles. The number of hydrogen-bond donors (Lipinski definition) is 1. The Balaban J connectivity index is 1.53. The fourth-order valence-corrected chi connectivity index (χ4v) is 2.89. The number of pyridine rings is 1. The van der Waals surface area contributed by atoms with Crippen LogP contribution in [0.3, 0.4) is 0 Å². The lowest BCUT2D eigenvalue weighted by molar-refractivity contribution is 0.0718. The van der Waals surface area contributed by atoms with Crippen LogP contribution < -0.4 is 10.1 Å². The summed E-state index contributed by atoms with van der Waals surface area (Å²) in [5.74, 6) is 1.40. The fraction of sp³-hybridized carbons (Fsp3) is 0.444. The number of carbonyl (C=O) groups excluding carboxylic acids is 1. The van der Waals surface area contributed by atoms with Crippen molar-refractivity contribution in [2.45, 2.75) is 32.7 Å². The molecule has 3 rings (SSSR count). The van der Waals surface area contributed by atoms with Gasteiger partial charge in [0.1, 0.15) is 12.1 Å². The van der Waals surface area contributed by atoms with E-state index >= 15 is 0 Å². The third-order valence-electron chi connectivity index (χ3n) is 4.21. The number of carbonyl (C=O) groups is 1. The van der Waals surface area contributed by atoms with Gasteiger partial charge in [-0.3, -0.25) is 4.79 Å². The van der Waals surface area contributed by atoms with E-state index in [-0.39, 0.29) is 5.91 Å². The monoisotopic (exact) mass is 341 g/mol. The van der Waals surface area contributed by atoms with Gasteiger partial charge in [-0.15, -0.1) is 0 Å². The number of nitrogens with zero attached hydrogens (tertiary/aromatic N) is 4. The number of hydrogen-bond acceptors (Lipinski definition) is 6. The Labute approximate surface area is 147 Å². The highest BCUT2D eigenvalue weighted by molar-refractivity contribution is 5.94. The molecule has 0 spiro atoms. The quantitative estimate of drug-likeness (QED) is 0.899. The van der Waals surface area contributed by atoms with Gasteiger partial charge >= 0.3 is 0 Å². The number of piperidine rings is 1. The molecular formula is C18H23N5O2. The number of aryl methyl sites for hydroxylation is 1. The van der Waals surface area contributed by atoms with Crippen molar-refractivity contribution in [3.63, 3.8) is 0 Å². The summed E-state index contributed by atoms with van der Waals surface area (Å²) in [6, 6.07) is 5.76. The molecule has 1 N–H and O–H groups in total. The predicted octanol–water partition coefficient (Wildman–Crippen LogP) is 2.30. The van der Waals surface area contributed by atoms with Crippen molar-refractivity contribution in [2.24, 2.45) is 0 Å². The molecule has 0 saturated carbocycles.